The molecule has 1 saturated heterocycles. The lowest BCUT2D eigenvalue weighted by atomic mass is 10.3. The Hall–Kier alpha value is -0.650. The first-order valence-electron chi connectivity index (χ1n) is 4.59. The number of carbonyl (C=O) groups excluding carboxylic acids is 1. The summed E-state index contributed by atoms with van der Waals surface area (Å²) < 4.78 is 5.22. The Morgan fingerprint density at radius 2 is 2.15 bits per heavy atom. The highest BCUT2D eigenvalue weighted by Gasteiger charge is 2.09. The first kappa shape index (κ1) is 10.4. The van der Waals surface area contributed by atoms with Crippen LogP contribution in [-0.4, -0.2) is 55.7 Å². The zero-order valence-electron chi connectivity index (χ0n) is 7.82. The van der Waals surface area contributed by atoms with Crippen molar-refractivity contribution >= 4 is 6.41 Å². The largest absolute Gasteiger partial charge is 0.379 e. The highest BCUT2D eigenvalue weighted by atomic mass is 16.5. The van der Waals surface area contributed by atoms with Crippen molar-refractivity contribution in [2.45, 2.75) is 6.42 Å². The van der Waals surface area contributed by atoms with Crippen LogP contribution >= 0.6 is 0 Å². The molecule has 0 unspecified atom stereocenters. The first-order chi connectivity index (χ1) is 6.33. The van der Waals surface area contributed by atoms with Gasteiger partial charge in [0.05, 0.1) is 13.2 Å². The summed E-state index contributed by atoms with van der Waals surface area (Å²) in [6.07, 6.45) is 1.58. The number of nitrogens with zero attached hydrogens (tertiary/aromatic N) is 2. The predicted molar refractivity (Wildman–Crippen MR) is 48.8 cm³/mol. The summed E-state index contributed by atoms with van der Waals surface area (Å²) >= 11 is 0. The standard InChI is InChI=1S/C8H17N3O2/c9-11(8-12)3-1-2-10-4-6-13-7-5-10/h8H,1-7,9H2. The van der Waals surface area contributed by atoms with Gasteiger partial charge in [-0.1, -0.05) is 0 Å². The van der Waals surface area contributed by atoms with Crippen molar-refractivity contribution in [1.82, 2.24) is 9.91 Å². The van der Waals surface area contributed by atoms with Crippen LogP contribution in [0, 0.1) is 0 Å². The zero-order valence-corrected chi connectivity index (χ0v) is 7.82. The average molecular weight is 187 g/mol. The van der Waals surface area contributed by atoms with Crippen molar-refractivity contribution in [2.24, 2.45) is 5.84 Å². The van der Waals surface area contributed by atoms with Gasteiger partial charge >= 0.3 is 0 Å². The number of ether oxygens (including phenoxy) is 1. The summed E-state index contributed by atoms with van der Waals surface area (Å²) in [4.78, 5) is 12.5. The molecule has 1 heterocycles. The number of hydrazine groups is 1. The number of morpholine rings is 1. The minimum atomic E-state index is 0.626. The molecule has 5 heteroatoms. The summed E-state index contributed by atoms with van der Waals surface area (Å²) in [6, 6.07) is 0. The molecule has 0 radical (unpaired) electrons. The van der Waals surface area contributed by atoms with Crippen molar-refractivity contribution in [3.05, 3.63) is 0 Å². The third kappa shape index (κ3) is 4.21. The summed E-state index contributed by atoms with van der Waals surface area (Å²) in [5.74, 6) is 5.31. The van der Waals surface area contributed by atoms with Crippen molar-refractivity contribution in [3.63, 3.8) is 0 Å². The summed E-state index contributed by atoms with van der Waals surface area (Å²) in [7, 11) is 0. The molecule has 1 rings (SSSR count). The van der Waals surface area contributed by atoms with Gasteiger partial charge in [0.2, 0.25) is 6.41 Å². The van der Waals surface area contributed by atoms with E-state index in [-0.39, 0.29) is 0 Å². The van der Waals surface area contributed by atoms with Gasteiger partial charge in [0, 0.05) is 26.2 Å². The second-order valence-corrected chi connectivity index (χ2v) is 3.15. The maximum atomic E-state index is 10.2. The quantitative estimate of drug-likeness (QED) is 0.261. The number of nitrogens with two attached hydrogens (primary N) is 1. The maximum absolute atomic E-state index is 10.2. The molecule has 1 aliphatic rings. The molecule has 1 fully saturated rings. The zero-order chi connectivity index (χ0) is 9.52. The molecule has 0 aromatic rings. The van der Waals surface area contributed by atoms with Gasteiger partial charge in [-0.05, 0) is 6.42 Å². The third-order valence-corrected chi connectivity index (χ3v) is 2.13. The summed E-state index contributed by atoms with van der Waals surface area (Å²) in [5.41, 5.74) is 0. The maximum Gasteiger partial charge on any atom is 0.223 e. The lowest BCUT2D eigenvalue weighted by Gasteiger charge is -2.26. The Kier molecular flexibility index (Phi) is 4.74. The Morgan fingerprint density at radius 1 is 1.46 bits per heavy atom. The van der Waals surface area contributed by atoms with Crippen molar-refractivity contribution in [3.8, 4) is 0 Å². The Labute approximate surface area is 78.4 Å². The second kappa shape index (κ2) is 5.90. The fourth-order valence-corrected chi connectivity index (χ4v) is 1.35. The number of rotatable bonds is 5. The van der Waals surface area contributed by atoms with Crippen LogP contribution in [0.4, 0.5) is 0 Å². The van der Waals surface area contributed by atoms with E-state index in [0.717, 1.165) is 39.3 Å². The minimum Gasteiger partial charge on any atom is -0.379 e. The van der Waals surface area contributed by atoms with E-state index in [4.69, 9.17) is 10.6 Å². The van der Waals surface area contributed by atoms with Gasteiger partial charge in [0.15, 0.2) is 0 Å². The molecule has 0 aromatic heterocycles. The Balaban J connectivity index is 2.01. The van der Waals surface area contributed by atoms with E-state index in [1.165, 1.54) is 5.01 Å². The second-order valence-electron chi connectivity index (χ2n) is 3.15. The van der Waals surface area contributed by atoms with Crippen LogP contribution in [0.2, 0.25) is 0 Å². The lowest BCUT2D eigenvalue weighted by molar-refractivity contribution is -0.118. The van der Waals surface area contributed by atoms with Crippen LogP contribution < -0.4 is 5.84 Å². The molecule has 2 N–H and O–H groups in total. The molecule has 5 nitrogen and oxygen atoms in total. The Bertz CT molecular complexity index is 148. The number of hydrogen-bond donors (Lipinski definition) is 1. The van der Waals surface area contributed by atoms with Gasteiger partial charge in [0.25, 0.3) is 0 Å². The molecule has 0 aliphatic carbocycles. The van der Waals surface area contributed by atoms with Crippen molar-refractivity contribution in [1.29, 1.82) is 0 Å². The van der Waals surface area contributed by atoms with Crippen LogP contribution in [-0.2, 0) is 9.53 Å². The topological polar surface area (TPSA) is 58.8 Å². The van der Waals surface area contributed by atoms with E-state index in [1.54, 1.807) is 0 Å². The van der Waals surface area contributed by atoms with Crippen molar-refractivity contribution < 1.29 is 9.53 Å². The van der Waals surface area contributed by atoms with Gasteiger partial charge in [-0.25, -0.2) is 5.84 Å². The number of hydrogen-bond acceptors (Lipinski definition) is 4. The van der Waals surface area contributed by atoms with Gasteiger partial charge in [-0.2, -0.15) is 0 Å². The van der Waals surface area contributed by atoms with Crippen LogP contribution in [0.1, 0.15) is 6.42 Å². The molecule has 0 atom stereocenters. The average Bonchev–Trinajstić information content (AvgIpc) is 2.19. The van der Waals surface area contributed by atoms with Crippen LogP contribution in [0.3, 0.4) is 0 Å². The van der Waals surface area contributed by atoms with E-state index < -0.39 is 0 Å². The molecule has 13 heavy (non-hydrogen) atoms. The first-order valence-corrected chi connectivity index (χ1v) is 4.59. The van der Waals surface area contributed by atoms with E-state index in [0.29, 0.717) is 13.0 Å². The van der Waals surface area contributed by atoms with Gasteiger partial charge in [0.1, 0.15) is 0 Å². The fraction of sp³-hybridized carbons (Fsp3) is 0.875. The highest BCUT2D eigenvalue weighted by molar-refractivity contribution is 5.45. The minimum absolute atomic E-state index is 0.626. The lowest BCUT2D eigenvalue weighted by Crippen LogP contribution is -2.39. The van der Waals surface area contributed by atoms with E-state index in [9.17, 15) is 4.79 Å². The molecule has 1 amide bonds. The fourth-order valence-electron chi connectivity index (χ4n) is 1.35. The molecule has 1 aliphatic heterocycles. The SMILES string of the molecule is NN(C=O)CCCN1CCOCC1. The van der Waals surface area contributed by atoms with Crippen molar-refractivity contribution in [2.75, 3.05) is 39.4 Å². The summed E-state index contributed by atoms with van der Waals surface area (Å²) in [6.45, 7) is 5.24. The number of carbonyl (C=O) groups is 1. The molecular formula is C8H17N3O2. The molecule has 0 spiro atoms. The molecular weight excluding hydrogens is 170 g/mol. The van der Waals surface area contributed by atoms with Gasteiger partial charge in [-0.15, -0.1) is 0 Å². The molecule has 0 saturated carbocycles. The van der Waals surface area contributed by atoms with Crippen LogP contribution in [0.5, 0.6) is 0 Å². The molecule has 0 aromatic carbocycles. The normalized spacial score (nSPS) is 18.5. The smallest absolute Gasteiger partial charge is 0.223 e. The summed E-state index contributed by atoms with van der Waals surface area (Å²) in [5, 5.41) is 1.18. The molecule has 0 bridgehead atoms. The van der Waals surface area contributed by atoms with Gasteiger partial charge < -0.3 is 4.74 Å². The van der Waals surface area contributed by atoms with E-state index in [1.807, 2.05) is 0 Å². The monoisotopic (exact) mass is 187 g/mol. The van der Waals surface area contributed by atoms with E-state index in [2.05, 4.69) is 4.90 Å². The Morgan fingerprint density at radius 3 is 2.77 bits per heavy atom. The number of amides is 1. The third-order valence-electron chi connectivity index (χ3n) is 2.13. The van der Waals surface area contributed by atoms with Crippen LogP contribution in [0.15, 0.2) is 0 Å². The molecule has 76 valence electrons. The van der Waals surface area contributed by atoms with Crippen LogP contribution in [0.25, 0.3) is 0 Å². The predicted octanol–water partition coefficient (Wildman–Crippen LogP) is -0.959. The highest BCUT2D eigenvalue weighted by Crippen LogP contribution is 1.97. The van der Waals surface area contributed by atoms with Gasteiger partial charge in [-0.3, -0.25) is 14.7 Å². The van der Waals surface area contributed by atoms with E-state index >= 15 is 0 Å².